The molecule has 2 aromatic rings. The van der Waals surface area contributed by atoms with Crippen LogP contribution >= 0.6 is 0 Å². The van der Waals surface area contributed by atoms with Gasteiger partial charge >= 0.3 is 0 Å². The van der Waals surface area contributed by atoms with E-state index in [0.717, 1.165) is 44.5 Å². The van der Waals surface area contributed by atoms with Crippen molar-refractivity contribution in [2.75, 3.05) is 0 Å². The van der Waals surface area contributed by atoms with Crippen LogP contribution in [-0.4, -0.2) is 11.6 Å². The molecule has 2 heteroatoms. The Morgan fingerprint density at radius 3 is 1.23 bits per heavy atom. The number of carbonyl (C=O) groups excluding carboxylic acids is 2. The molecule has 2 aliphatic rings. The number of carbonyl (C=O) groups is 2. The highest BCUT2D eigenvalue weighted by molar-refractivity contribution is 6.17. The fraction of sp³-hybridized carbons (Fsp3) is 0.214. The summed E-state index contributed by atoms with van der Waals surface area (Å²) in [5.74, 6) is 0.534. The van der Waals surface area contributed by atoms with Crippen molar-refractivity contribution in [2.45, 2.75) is 27.7 Å². The maximum Gasteiger partial charge on any atom is 0.189 e. The van der Waals surface area contributed by atoms with E-state index >= 15 is 0 Å². The zero-order chi connectivity index (χ0) is 21.4. The molecule has 0 aliphatic heterocycles. The standard InChI is InChI=1S/C28H26O2/c1-17(2)25-15-19(21-9-5-7-11-23(21)27(25)29)13-14-20-16-26(18(3)4)28(30)24-12-8-6-10-22(20)24/h5-18H,1-4H3/b19-13-,20-14-. The number of benzene rings is 2. The molecule has 2 aromatic carbocycles. The fourth-order valence-corrected chi connectivity index (χ4v) is 4.11. The lowest BCUT2D eigenvalue weighted by molar-refractivity contribution is 0.101. The summed E-state index contributed by atoms with van der Waals surface area (Å²) in [6.45, 7) is 8.20. The third kappa shape index (κ3) is 3.43. The van der Waals surface area contributed by atoms with Gasteiger partial charge in [0.15, 0.2) is 11.6 Å². The molecule has 4 rings (SSSR count). The van der Waals surface area contributed by atoms with Gasteiger partial charge in [-0.2, -0.15) is 0 Å². The first-order chi connectivity index (χ1) is 14.4. The summed E-state index contributed by atoms with van der Waals surface area (Å²) >= 11 is 0. The summed E-state index contributed by atoms with van der Waals surface area (Å²) in [6, 6.07) is 15.6. The molecule has 30 heavy (non-hydrogen) atoms. The first kappa shape index (κ1) is 20.0. The minimum atomic E-state index is 0.112. The monoisotopic (exact) mass is 394 g/mol. The Morgan fingerprint density at radius 1 is 0.567 bits per heavy atom. The summed E-state index contributed by atoms with van der Waals surface area (Å²) in [7, 11) is 0. The van der Waals surface area contributed by atoms with Gasteiger partial charge in [0.05, 0.1) is 0 Å². The molecule has 0 spiro atoms. The van der Waals surface area contributed by atoms with Gasteiger partial charge in [-0.05, 0) is 46.3 Å². The van der Waals surface area contributed by atoms with Gasteiger partial charge in [-0.1, -0.05) is 88.4 Å². The lowest BCUT2D eigenvalue weighted by Crippen LogP contribution is -2.16. The number of hydrogen-bond acceptors (Lipinski definition) is 2. The second-order valence-corrected chi connectivity index (χ2v) is 8.50. The van der Waals surface area contributed by atoms with E-state index < -0.39 is 0 Å². The summed E-state index contributed by atoms with van der Waals surface area (Å²) in [5.41, 5.74) is 7.13. The molecule has 0 bridgehead atoms. The van der Waals surface area contributed by atoms with Gasteiger partial charge in [0.2, 0.25) is 0 Å². The normalized spacial score (nSPS) is 18.6. The van der Waals surface area contributed by atoms with Crippen LogP contribution in [0.3, 0.4) is 0 Å². The Bertz CT molecular complexity index is 1070. The number of rotatable bonds is 3. The molecule has 150 valence electrons. The zero-order valence-corrected chi connectivity index (χ0v) is 17.9. The van der Waals surface area contributed by atoms with Gasteiger partial charge < -0.3 is 0 Å². The number of fused-ring (bicyclic) bond motifs is 2. The van der Waals surface area contributed by atoms with Crippen molar-refractivity contribution in [3.8, 4) is 0 Å². The maximum atomic E-state index is 12.9. The van der Waals surface area contributed by atoms with E-state index in [1.54, 1.807) is 0 Å². The third-order valence-corrected chi connectivity index (χ3v) is 5.80. The SMILES string of the molecule is CC(C)C1=C/C(=C/C=C2/C=C(C(C)C)C(=O)c3ccccc32)c2ccccc2C1=O. The van der Waals surface area contributed by atoms with Crippen LogP contribution < -0.4 is 0 Å². The predicted molar refractivity (Wildman–Crippen MR) is 123 cm³/mol. The van der Waals surface area contributed by atoms with Gasteiger partial charge in [-0.25, -0.2) is 0 Å². The highest BCUT2D eigenvalue weighted by atomic mass is 16.1. The highest BCUT2D eigenvalue weighted by Crippen LogP contribution is 2.35. The largest absolute Gasteiger partial charge is 0.289 e. The van der Waals surface area contributed by atoms with Gasteiger partial charge in [0.25, 0.3) is 0 Å². The molecule has 0 heterocycles. The summed E-state index contributed by atoms with van der Waals surface area (Å²) in [4.78, 5) is 25.7. The molecule has 0 saturated carbocycles. The first-order valence-corrected chi connectivity index (χ1v) is 10.5. The molecule has 2 aliphatic carbocycles. The summed E-state index contributed by atoms with van der Waals surface area (Å²) in [5, 5.41) is 0. The van der Waals surface area contributed by atoms with Crippen LogP contribution in [0.15, 0.2) is 84.0 Å². The van der Waals surface area contributed by atoms with Gasteiger partial charge in [-0.15, -0.1) is 0 Å². The fourth-order valence-electron chi connectivity index (χ4n) is 4.11. The quantitative estimate of drug-likeness (QED) is 0.580. The minimum Gasteiger partial charge on any atom is -0.289 e. The molecular formula is C28H26O2. The smallest absolute Gasteiger partial charge is 0.189 e. The van der Waals surface area contributed by atoms with Crippen molar-refractivity contribution in [1.29, 1.82) is 0 Å². The minimum absolute atomic E-state index is 0.112. The van der Waals surface area contributed by atoms with Crippen molar-refractivity contribution < 1.29 is 9.59 Å². The zero-order valence-electron chi connectivity index (χ0n) is 17.9. The maximum absolute atomic E-state index is 12.9. The second-order valence-electron chi connectivity index (χ2n) is 8.50. The van der Waals surface area contributed by atoms with E-state index in [-0.39, 0.29) is 23.4 Å². The molecule has 0 unspecified atom stereocenters. The lowest BCUT2D eigenvalue weighted by Gasteiger charge is -2.21. The van der Waals surface area contributed by atoms with E-state index in [1.165, 1.54) is 0 Å². The van der Waals surface area contributed by atoms with Crippen LogP contribution in [0.2, 0.25) is 0 Å². The predicted octanol–water partition coefficient (Wildman–Crippen LogP) is 6.71. The average Bonchev–Trinajstić information content (AvgIpc) is 2.74. The highest BCUT2D eigenvalue weighted by Gasteiger charge is 2.26. The van der Waals surface area contributed by atoms with E-state index in [1.807, 2.05) is 88.4 Å². The first-order valence-electron chi connectivity index (χ1n) is 10.5. The van der Waals surface area contributed by atoms with Crippen molar-refractivity contribution >= 4 is 22.7 Å². The van der Waals surface area contributed by atoms with Gasteiger partial charge in [-0.3, -0.25) is 9.59 Å². The Labute approximate surface area is 178 Å². The van der Waals surface area contributed by atoms with E-state index in [2.05, 4.69) is 12.2 Å². The number of hydrogen-bond donors (Lipinski definition) is 0. The van der Waals surface area contributed by atoms with Crippen LogP contribution in [0.25, 0.3) is 11.1 Å². The Kier molecular flexibility index (Phi) is 5.26. The molecule has 0 aromatic heterocycles. The van der Waals surface area contributed by atoms with Crippen molar-refractivity contribution in [3.63, 3.8) is 0 Å². The van der Waals surface area contributed by atoms with E-state index in [0.29, 0.717) is 0 Å². The van der Waals surface area contributed by atoms with Gasteiger partial charge in [0, 0.05) is 22.3 Å². The number of allylic oxidation sites excluding steroid dienone is 8. The van der Waals surface area contributed by atoms with Crippen molar-refractivity contribution in [3.05, 3.63) is 106 Å². The molecule has 0 radical (unpaired) electrons. The van der Waals surface area contributed by atoms with Crippen LogP contribution in [0.4, 0.5) is 0 Å². The van der Waals surface area contributed by atoms with Crippen LogP contribution in [-0.2, 0) is 0 Å². The average molecular weight is 395 g/mol. The Hall–Kier alpha value is -3.26. The van der Waals surface area contributed by atoms with E-state index in [9.17, 15) is 9.59 Å². The van der Waals surface area contributed by atoms with Crippen LogP contribution in [0.5, 0.6) is 0 Å². The molecule has 0 fully saturated rings. The second kappa shape index (κ2) is 7.87. The van der Waals surface area contributed by atoms with E-state index in [4.69, 9.17) is 0 Å². The molecule has 0 atom stereocenters. The number of ketones is 2. The lowest BCUT2D eigenvalue weighted by atomic mass is 9.81. The summed E-state index contributed by atoms with van der Waals surface area (Å²) < 4.78 is 0. The molecule has 2 nitrogen and oxygen atoms in total. The van der Waals surface area contributed by atoms with Crippen LogP contribution in [0, 0.1) is 11.8 Å². The number of Topliss-reactive ketones (excluding diaryl/α,β-unsaturated/α-hetero) is 2. The topological polar surface area (TPSA) is 34.1 Å². The molecule has 0 saturated heterocycles. The van der Waals surface area contributed by atoms with Crippen molar-refractivity contribution in [1.82, 2.24) is 0 Å². The Balaban J connectivity index is 1.88. The molecular weight excluding hydrogens is 368 g/mol. The Morgan fingerprint density at radius 2 is 0.900 bits per heavy atom. The molecule has 0 N–H and O–H groups in total. The third-order valence-electron chi connectivity index (χ3n) is 5.80. The molecule has 0 amide bonds. The van der Waals surface area contributed by atoms with Crippen LogP contribution in [0.1, 0.15) is 59.5 Å². The van der Waals surface area contributed by atoms with Gasteiger partial charge in [0.1, 0.15) is 0 Å². The summed E-state index contributed by atoms with van der Waals surface area (Å²) in [6.07, 6.45) is 8.17. The van der Waals surface area contributed by atoms with Crippen molar-refractivity contribution in [2.24, 2.45) is 11.8 Å².